The van der Waals surface area contributed by atoms with Gasteiger partial charge < -0.3 is 10.5 Å². The highest BCUT2D eigenvalue weighted by molar-refractivity contribution is 5.79. The van der Waals surface area contributed by atoms with Gasteiger partial charge >= 0.3 is 5.97 Å². The molecule has 0 heterocycles. The van der Waals surface area contributed by atoms with E-state index in [1.165, 1.54) is 18.1 Å². The first-order chi connectivity index (χ1) is 12.3. The number of allylic oxidation sites excluding steroid dienone is 1. The van der Waals surface area contributed by atoms with Crippen molar-refractivity contribution in [2.45, 2.75) is 45.4 Å². The quantitative estimate of drug-likeness (QED) is 0.827. The van der Waals surface area contributed by atoms with Crippen molar-refractivity contribution in [2.75, 3.05) is 6.54 Å². The van der Waals surface area contributed by atoms with Crippen LogP contribution >= 0.6 is 0 Å². The number of nitrogens with two attached hydrogens (primary N) is 1. The highest BCUT2D eigenvalue weighted by Gasteiger charge is 2.33. The molecule has 0 saturated carbocycles. The monoisotopic (exact) mass is 349 g/mol. The van der Waals surface area contributed by atoms with Gasteiger partial charge in [0.2, 0.25) is 0 Å². The molecule has 26 heavy (non-hydrogen) atoms. The Morgan fingerprint density at radius 3 is 2.38 bits per heavy atom. The van der Waals surface area contributed by atoms with Crippen LogP contribution in [0.1, 0.15) is 55.9 Å². The largest absolute Gasteiger partial charge is 0.430 e. The van der Waals surface area contributed by atoms with E-state index in [1.807, 2.05) is 18.2 Å². The zero-order valence-electron chi connectivity index (χ0n) is 16.0. The summed E-state index contributed by atoms with van der Waals surface area (Å²) in [7, 11) is 0. The van der Waals surface area contributed by atoms with E-state index in [4.69, 9.17) is 10.5 Å². The third kappa shape index (κ3) is 3.45. The van der Waals surface area contributed by atoms with Gasteiger partial charge in [0.25, 0.3) is 0 Å². The zero-order valence-corrected chi connectivity index (χ0v) is 16.0. The molecule has 3 nitrogen and oxygen atoms in total. The second-order valence-electron chi connectivity index (χ2n) is 7.89. The van der Waals surface area contributed by atoms with Crippen LogP contribution in [-0.2, 0) is 21.4 Å². The topological polar surface area (TPSA) is 52.3 Å². The average Bonchev–Trinajstić information content (AvgIpc) is 2.60. The van der Waals surface area contributed by atoms with Gasteiger partial charge in [0.05, 0.1) is 0 Å². The molecule has 1 aliphatic carbocycles. The molecule has 0 spiro atoms. The van der Waals surface area contributed by atoms with E-state index < -0.39 is 0 Å². The molecule has 1 atom stereocenters. The molecule has 0 amide bonds. The smallest absolute Gasteiger partial charge is 0.307 e. The molecule has 2 aromatic carbocycles. The first-order valence-corrected chi connectivity index (χ1v) is 9.12. The van der Waals surface area contributed by atoms with Crippen molar-refractivity contribution in [3.63, 3.8) is 0 Å². The first kappa shape index (κ1) is 18.4. The molecular formula is C23H27NO2. The van der Waals surface area contributed by atoms with Crippen molar-refractivity contribution >= 4 is 11.5 Å². The van der Waals surface area contributed by atoms with Crippen LogP contribution in [0.5, 0.6) is 0 Å². The lowest BCUT2D eigenvalue weighted by Gasteiger charge is -2.33. The zero-order chi connectivity index (χ0) is 18.9. The molecule has 0 saturated heterocycles. The van der Waals surface area contributed by atoms with Crippen molar-refractivity contribution in [3.05, 3.63) is 76.5 Å². The number of fused-ring (bicyclic) bond motifs is 1. The van der Waals surface area contributed by atoms with Gasteiger partial charge in [0, 0.05) is 25.0 Å². The Morgan fingerprint density at radius 2 is 1.81 bits per heavy atom. The lowest BCUT2D eigenvalue weighted by molar-refractivity contribution is -0.137. The fourth-order valence-electron chi connectivity index (χ4n) is 3.88. The van der Waals surface area contributed by atoms with Crippen molar-refractivity contribution in [2.24, 2.45) is 5.73 Å². The second kappa shape index (κ2) is 7.08. The van der Waals surface area contributed by atoms with E-state index >= 15 is 0 Å². The number of carbonyl (C=O) groups is 1. The summed E-state index contributed by atoms with van der Waals surface area (Å²) in [6.07, 6.45) is 0.804. The Labute approximate surface area is 155 Å². The molecule has 2 aromatic rings. The fourth-order valence-corrected chi connectivity index (χ4v) is 3.88. The minimum Gasteiger partial charge on any atom is -0.430 e. The molecule has 0 aromatic heterocycles. The fraction of sp³-hybridized carbons (Fsp3) is 0.348. The molecular weight excluding hydrogens is 322 g/mol. The predicted molar refractivity (Wildman–Crippen MR) is 106 cm³/mol. The van der Waals surface area contributed by atoms with E-state index in [1.54, 1.807) is 0 Å². The van der Waals surface area contributed by atoms with Gasteiger partial charge in [0.15, 0.2) is 0 Å². The van der Waals surface area contributed by atoms with Gasteiger partial charge in [-0.2, -0.15) is 0 Å². The number of hydrogen-bond donors (Lipinski definition) is 1. The summed E-state index contributed by atoms with van der Waals surface area (Å²) in [5, 5.41) is 0. The number of esters is 1. The van der Waals surface area contributed by atoms with Crippen LogP contribution in [0.15, 0.2) is 54.3 Å². The summed E-state index contributed by atoms with van der Waals surface area (Å²) in [5.41, 5.74) is 12.0. The lowest BCUT2D eigenvalue weighted by atomic mass is 9.73. The number of ether oxygens (including phenoxy) is 1. The lowest BCUT2D eigenvalue weighted by Crippen LogP contribution is -2.25. The number of rotatable bonds is 3. The van der Waals surface area contributed by atoms with Crippen LogP contribution in [0.4, 0.5) is 0 Å². The highest BCUT2D eigenvalue weighted by Crippen LogP contribution is 2.43. The predicted octanol–water partition coefficient (Wildman–Crippen LogP) is 4.56. The van der Waals surface area contributed by atoms with Crippen LogP contribution < -0.4 is 5.73 Å². The maximum absolute atomic E-state index is 11.8. The SMILES string of the molecule is CC(=O)OC1=C(CN)c2cccc(C(C)(C)C)c2CC1c1ccccc1. The van der Waals surface area contributed by atoms with E-state index in [9.17, 15) is 4.79 Å². The highest BCUT2D eigenvalue weighted by atomic mass is 16.5. The van der Waals surface area contributed by atoms with Crippen LogP contribution in [0, 0.1) is 0 Å². The Balaban J connectivity index is 2.25. The minimum absolute atomic E-state index is 0.00495. The third-order valence-electron chi connectivity index (χ3n) is 4.99. The van der Waals surface area contributed by atoms with Crippen molar-refractivity contribution < 1.29 is 9.53 Å². The summed E-state index contributed by atoms with van der Waals surface area (Å²) >= 11 is 0. The minimum atomic E-state index is -0.303. The van der Waals surface area contributed by atoms with E-state index in [0.717, 1.165) is 23.1 Å². The summed E-state index contributed by atoms with van der Waals surface area (Å²) in [6, 6.07) is 16.6. The Hall–Kier alpha value is -2.39. The average molecular weight is 349 g/mol. The number of benzene rings is 2. The molecule has 1 unspecified atom stereocenters. The van der Waals surface area contributed by atoms with Crippen LogP contribution in [-0.4, -0.2) is 12.5 Å². The summed E-state index contributed by atoms with van der Waals surface area (Å²) in [5.74, 6) is 0.390. The normalized spacial score (nSPS) is 17.0. The molecule has 3 rings (SSSR count). The van der Waals surface area contributed by atoms with Gasteiger partial charge in [-0.1, -0.05) is 69.3 Å². The van der Waals surface area contributed by atoms with Crippen molar-refractivity contribution in [1.82, 2.24) is 0 Å². The number of carbonyl (C=O) groups excluding carboxylic acids is 1. The molecule has 136 valence electrons. The summed E-state index contributed by atoms with van der Waals surface area (Å²) in [6.45, 7) is 8.48. The van der Waals surface area contributed by atoms with Gasteiger partial charge in [-0.3, -0.25) is 4.79 Å². The summed E-state index contributed by atoms with van der Waals surface area (Å²) in [4.78, 5) is 11.8. The maximum Gasteiger partial charge on any atom is 0.307 e. The Kier molecular flexibility index (Phi) is 5.01. The van der Waals surface area contributed by atoms with Gasteiger partial charge in [-0.15, -0.1) is 0 Å². The maximum atomic E-state index is 11.8. The van der Waals surface area contributed by atoms with E-state index in [-0.39, 0.29) is 17.3 Å². The molecule has 0 fully saturated rings. The molecule has 3 heteroatoms. The molecule has 2 N–H and O–H groups in total. The standard InChI is InChI=1S/C23H27NO2/c1-15(25)26-22-18(16-9-6-5-7-10-16)13-19-17(20(22)14-24)11-8-12-21(19)23(2,3)4/h5-12,18H,13-14,24H2,1-4H3. The van der Waals surface area contributed by atoms with Crippen molar-refractivity contribution in [1.29, 1.82) is 0 Å². The molecule has 0 radical (unpaired) electrons. The van der Waals surface area contributed by atoms with Gasteiger partial charge in [0.1, 0.15) is 5.76 Å². The van der Waals surface area contributed by atoms with Crippen LogP contribution in [0.25, 0.3) is 5.57 Å². The van der Waals surface area contributed by atoms with Crippen LogP contribution in [0.2, 0.25) is 0 Å². The van der Waals surface area contributed by atoms with Gasteiger partial charge in [-0.05, 0) is 34.1 Å². The van der Waals surface area contributed by atoms with Gasteiger partial charge in [-0.25, -0.2) is 0 Å². The third-order valence-corrected chi connectivity index (χ3v) is 4.99. The molecule has 1 aliphatic rings. The first-order valence-electron chi connectivity index (χ1n) is 9.12. The number of hydrogen-bond acceptors (Lipinski definition) is 3. The van der Waals surface area contributed by atoms with Crippen molar-refractivity contribution in [3.8, 4) is 0 Å². The van der Waals surface area contributed by atoms with E-state index in [2.05, 4.69) is 51.1 Å². The van der Waals surface area contributed by atoms with E-state index in [0.29, 0.717) is 12.3 Å². The Morgan fingerprint density at radius 1 is 1.12 bits per heavy atom. The Bertz CT molecular complexity index is 844. The molecule has 0 aliphatic heterocycles. The van der Waals surface area contributed by atoms with Crippen LogP contribution in [0.3, 0.4) is 0 Å². The summed E-state index contributed by atoms with van der Waals surface area (Å²) < 4.78 is 5.70. The molecule has 0 bridgehead atoms. The second-order valence-corrected chi connectivity index (χ2v) is 7.89.